The Kier molecular flexibility index (Phi) is 2.42. The summed E-state index contributed by atoms with van der Waals surface area (Å²) in [7, 11) is 0. The van der Waals surface area contributed by atoms with Gasteiger partial charge in [0.15, 0.2) is 0 Å². The van der Waals surface area contributed by atoms with Gasteiger partial charge in [-0.25, -0.2) is 4.39 Å². The maximum absolute atomic E-state index is 12.2. The van der Waals surface area contributed by atoms with Crippen molar-refractivity contribution in [2.45, 2.75) is 13.6 Å². The third-order valence-corrected chi connectivity index (χ3v) is 1.55. The van der Waals surface area contributed by atoms with Gasteiger partial charge in [-0.1, -0.05) is 30.4 Å². The van der Waals surface area contributed by atoms with Gasteiger partial charge in [0.1, 0.15) is 6.67 Å². The minimum Gasteiger partial charge on any atom is -0.246 e. The molecule has 0 amide bonds. The summed E-state index contributed by atoms with van der Waals surface area (Å²) in [5, 5.41) is 0. The van der Waals surface area contributed by atoms with Crippen molar-refractivity contribution in [2.75, 3.05) is 0 Å². The third-order valence-electron chi connectivity index (χ3n) is 1.55. The molecule has 11 heavy (non-hydrogen) atoms. The van der Waals surface area contributed by atoms with Crippen LogP contribution in [0.3, 0.4) is 0 Å². The highest BCUT2D eigenvalue weighted by Gasteiger charge is 1.94. The summed E-state index contributed by atoms with van der Waals surface area (Å²) in [4.78, 5) is 0. The van der Waals surface area contributed by atoms with Gasteiger partial charge >= 0.3 is 0 Å². The topological polar surface area (TPSA) is 0 Å². The van der Waals surface area contributed by atoms with Gasteiger partial charge in [0.05, 0.1) is 0 Å². The SMILES string of the molecule is C=Cc1cc(C)cc(CF)c1. The maximum Gasteiger partial charge on any atom is 0.115 e. The van der Waals surface area contributed by atoms with Crippen LogP contribution in [0.15, 0.2) is 24.8 Å². The summed E-state index contributed by atoms with van der Waals surface area (Å²) >= 11 is 0. The molecule has 0 atom stereocenters. The Hall–Kier alpha value is -1.11. The van der Waals surface area contributed by atoms with Gasteiger partial charge in [-0.3, -0.25) is 0 Å². The molecule has 0 spiro atoms. The van der Waals surface area contributed by atoms with Crippen LogP contribution in [0.4, 0.5) is 4.39 Å². The predicted octanol–water partition coefficient (Wildman–Crippen LogP) is 3.11. The molecule has 1 rings (SSSR count). The highest BCUT2D eigenvalue weighted by atomic mass is 19.1. The summed E-state index contributed by atoms with van der Waals surface area (Å²) in [6.07, 6.45) is 1.73. The van der Waals surface area contributed by atoms with Crippen LogP contribution in [0.1, 0.15) is 16.7 Å². The summed E-state index contributed by atoms with van der Waals surface area (Å²) in [6.45, 7) is 5.18. The summed E-state index contributed by atoms with van der Waals surface area (Å²) in [5.41, 5.74) is 2.78. The molecule has 58 valence electrons. The van der Waals surface area contributed by atoms with Crippen molar-refractivity contribution < 1.29 is 4.39 Å². The number of alkyl halides is 1. The van der Waals surface area contributed by atoms with Gasteiger partial charge in [-0.2, -0.15) is 0 Å². The highest BCUT2D eigenvalue weighted by molar-refractivity contribution is 5.49. The minimum absolute atomic E-state index is 0.400. The lowest BCUT2D eigenvalue weighted by Gasteiger charge is -1.99. The van der Waals surface area contributed by atoms with Crippen LogP contribution in [-0.4, -0.2) is 0 Å². The number of hydrogen-bond acceptors (Lipinski definition) is 0. The van der Waals surface area contributed by atoms with Gasteiger partial charge < -0.3 is 0 Å². The number of rotatable bonds is 2. The Balaban J connectivity index is 3.11. The van der Waals surface area contributed by atoms with Crippen molar-refractivity contribution in [3.8, 4) is 0 Å². The summed E-state index contributed by atoms with van der Waals surface area (Å²) in [5.74, 6) is 0. The number of benzene rings is 1. The maximum atomic E-state index is 12.2. The Bertz CT molecular complexity index is 264. The van der Waals surface area contributed by atoms with Crippen LogP contribution in [0.5, 0.6) is 0 Å². The van der Waals surface area contributed by atoms with E-state index in [1.165, 1.54) is 0 Å². The molecule has 0 nitrogen and oxygen atoms in total. The molecule has 0 aliphatic heterocycles. The molecule has 0 unspecified atom stereocenters. The fourth-order valence-electron chi connectivity index (χ4n) is 1.09. The second-order valence-corrected chi connectivity index (χ2v) is 2.59. The zero-order valence-electron chi connectivity index (χ0n) is 6.60. The van der Waals surface area contributed by atoms with Crippen LogP contribution >= 0.6 is 0 Å². The molecule has 1 aromatic carbocycles. The molecule has 0 aromatic heterocycles. The average molecular weight is 150 g/mol. The van der Waals surface area contributed by atoms with E-state index in [9.17, 15) is 4.39 Å². The molecule has 0 heterocycles. The van der Waals surface area contributed by atoms with E-state index >= 15 is 0 Å². The third kappa shape index (κ3) is 1.90. The van der Waals surface area contributed by atoms with Crippen molar-refractivity contribution in [3.05, 3.63) is 41.5 Å². The molecule has 0 bridgehead atoms. The van der Waals surface area contributed by atoms with E-state index < -0.39 is 6.67 Å². The molecule has 0 radical (unpaired) electrons. The Morgan fingerprint density at radius 2 is 2.18 bits per heavy atom. The van der Waals surface area contributed by atoms with E-state index in [2.05, 4.69) is 6.58 Å². The molecule has 0 fully saturated rings. The van der Waals surface area contributed by atoms with Crippen LogP contribution in [-0.2, 0) is 6.67 Å². The van der Waals surface area contributed by atoms with E-state index in [0.29, 0.717) is 0 Å². The highest BCUT2D eigenvalue weighted by Crippen LogP contribution is 2.11. The second-order valence-electron chi connectivity index (χ2n) is 2.59. The molecule has 0 aliphatic rings. The lowest BCUT2D eigenvalue weighted by molar-refractivity contribution is 0.485. The van der Waals surface area contributed by atoms with Crippen molar-refractivity contribution in [1.29, 1.82) is 0 Å². The molecule has 0 aliphatic carbocycles. The monoisotopic (exact) mass is 150 g/mol. The molecular formula is C10H11F. The average Bonchev–Trinajstić information content (AvgIpc) is 2.03. The molecule has 1 heteroatoms. The van der Waals surface area contributed by atoms with Gasteiger partial charge in [0, 0.05) is 0 Å². The first-order valence-electron chi connectivity index (χ1n) is 3.55. The lowest BCUT2D eigenvalue weighted by Crippen LogP contribution is -1.82. The molecule has 1 aromatic rings. The normalized spacial score (nSPS) is 9.64. The van der Waals surface area contributed by atoms with Crippen LogP contribution < -0.4 is 0 Å². The second kappa shape index (κ2) is 3.33. The molecule has 0 saturated heterocycles. The quantitative estimate of drug-likeness (QED) is 0.607. The van der Waals surface area contributed by atoms with E-state index in [4.69, 9.17) is 0 Å². The minimum atomic E-state index is -0.400. The fraction of sp³-hybridized carbons (Fsp3) is 0.200. The van der Waals surface area contributed by atoms with Crippen LogP contribution in [0.2, 0.25) is 0 Å². The van der Waals surface area contributed by atoms with Crippen molar-refractivity contribution in [1.82, 2.24) is 0 Å². The van der Waals surface area contributed by atoms with Crippen molar-refractivity contribution in [2.24, 2.45) is 0 Å². The number of aryl methyl sites for hydroxylation is 1. The van der Waals surface area contributed by atoms with Crippen molar-refractivity contribution >= 4 is 6.08 Å². The lowest BCUT2D eigenvalue weighted by atomic mass is 10.1. The largest absolute Gasteiger partial charge is 0.246 e. The molecule has 0 N–H and O–H groups in total. The fourth-order valence-corrected chi connectivity index (χ4v) is 1.09. The smallest absolute Gasteiger partial charge is 0.115 e. The van der Waals surface area contributed by atoms with E-state index in [0.717, 1.165) is 16.7 Å². The van der Waals surface area contributed by atoms with Gasteiger partial charge in [0.2, 0.25) is 0 Å². The zero-order valence-corrected chi connectivity index (χ0v) is 6.60. The first-order valence-corrected chi connectivity index (χ1v) is 3.55. The van der Waals surface area contributed by atoms with E-state index in [-0.39, 0.29) is 0 Å². The van der Waals surface area contributed by atoms with Crippen molar-refractivity contribution in [3.63, 3.8) is 0 Å². The van der Waals surface area contributed by atoms with E-state index in [1.807, 2.05) is 19.1 Å². The summed E-state index contributed by atoms with van der Waals surface area (Å²) in [6, 6.07) is 5.62. The molecule has 0 saturated carbocycles. The van der Waals surface area contributed by atoms with Gasteiger partial charge in [-0.05, 0) is 24.1 Å². The number of halogens is 1. The zero-order chi connectivity index (χ0) is 8.27. The Labute approximate surface area is 66.4 Å². The molecular weight excluding hydrogens is 139 g/mol. The van der Waals surface area contributed by atoms with Crippen LogP contribution in [0, 0.1) is 6.92 Å². The predicted molar refractivity (Wildman–Crippen MR) is 46.1 cm³/mol. The standard InChI is InChI=1S/C10H11F/c1-3-9-4-8(2)5-10(6-9)7-11/h3-6H,1,7H2,2H3. The van der Waals surface area contributed by atoms with E-state index in [1.54, 1.807) is 12.1 Å². The summed E-state index contributed by atoms with van der Waals surface area (Å²) < 4.78 is 12.2. The Morgan fingerprint density at radius 3 is 2.73 bits per heavy atom. The first kappa shape index (κ1) is 7.99. The Morgan fingerprint density at radius 1 is 1.45 bits per heavy atom. The van der Waals surface area contributed by atoms with Gasteiger partial charge in [-0.15, -0.1) is 0 Å². The van der Waals surface area contributed by atoms with Gasteiger partial charge in [0.25, 0.3) is 0 Å². The number of hydrogen-bond donors (Lipinski definition) is 0. The first-order chi connectivity index (χ1) is 5.26. The van der Waals surface area contributed by atoms with Crippen LogP contribution in [0.25, 0.3) is 6.08 Å².